The van der Waals surface area contributed by atoms with Gasteiger partial charge < -0.3 is 15.2 Å². The SMILES string of the molecule is CCCCCOc1n[n+]([O-])c(/C=N/O)cc1Cl. The van der Waals surface area contributed by atoms with Crippen molar-refractivity contribution in [3.63, 3.8) is 0 Å². The summed E-state index contributed by atoms with van der Waals surface area (Å²) in [5, 5.41) is 26.2. The Morgan fingerprint density at radius 3 is 3.06 bits per heavy atom. The molecule has 0 radical (unpaired) electrons. The molecule has 1 aromatic rings. The van der Waals surface area contributed by atoms with Crippen molar-refractivity contribution in [1.82, 2.24) is 5.10 Å². The first-order chi connectivity index (χ1) is 8.19. The van der Waals surface area contributed by atoms with Gasteiger partial charge in [-0.2, -0.15) is 0 Å². The Kier molecular flexibility index (Phi) is 5.48. The van der Waals surface area contributed by atoms with Crippen molar-refractivity contribution in [2.75, 3.05) is 6.61 Å². The molecule has 1 aromatic heterocycles. The van der Waals surface area contributed by atoms with Crippen LogP contribution in [0, 0.1) is 5.21 Å². The highest BCUT2D eigenvalue weighted by molar-refractivity contribution is 6.31. The lowest BCUT2D eigenvalue weighted by Crippen LogP contribution is -2.36. The average molecular weight is 260 g/mol. The summed E-state index contributed by atoms with van der Waals surface area (Å²) in [6.07, 6.45) is 3.96. The number of rotatable bonds is 6. The van der Waals surface area contributed by atoms with E-state index in [4.69, 9.17) is 21.5 Å². The highest BCUT2D eigenvalue weighted by atomic mass is 35.5. The van der Waals surface area contributed by atoms with Crippen molar-refractivity contribution in [3.8, 4) is 5.88 Å². The van der Waals surface area contributed by atoms with E-state index in [0.29, 0.717) is 11.5 Å². The normalized spacial score (nSPS) is 10.9. The second-order valence-corrected chi connectivity index (χ2v) is 3.80. The molecule has 0 spiro atoms. The molecule has 0 bridgehead atoms. The van der Waals surface area contributed by atoms with Crippen molar-refractivity contribution >= 4 is 17.8 Å². The van der Waals surface area contributed by atoms with Crippen LogP contribution in [0.1, 0.15) is 31.9 Å². The molecule has 0 aliphatic carbocycles. The molecule has 1 N–H and O–H groups in total. The summed E-state index contributed by atoms with van der Waals surface area (Å²) < 4.78 is 5.28. The van der Waals surface area contributed by atoms with Gasteiger partial charge >= 0.3 is 0 Å². The molecule has 7 heteroatoms. The smallest absolute Gasteiger partial charge is 0.299 e. The molecule has 6 nitrogen and oxygen atoms in total. The van der Waals surface area contributed by atoms with E-state index in [9.17, 15) is 5.21 Å². The fourth-order valence-electron chi connectivity index (χ4n) is 1.20. The fraction of sp³-hybridized carbons (Fsp3) is 0.500. The molecule has 0 aromatic carbocycles. The van der Waals surface area contributed by atoms with E-state index in [-0.39, 0.29) is 16.6 Å². The number of unbranched alkanes of at least 4 members (excludes halogenated alkanes) is 2. The number of hydrogen-bond donors (Lipinski definition) is 1. The summed E-state index contributed by atoms with van der Waals surface area (Å²) in [6.45, 7) is 2.55. The largest absolute Gasteiger partial charge is 0.594 e. The maximum absolute atomic E-state index is 11.3. The third-order valence-corrected chi connectivity index (χ3v) is 2.33. The first-order valence-corrected chi connectivity index (χ1v) is 5.67. The van der Waals surface area contributed by atoms with E-state index in [0.717, 1.165) is 25.5 Å². The second-order valence-electron chi connectivity index (χ2n) is 3.40. The zero-order valence-corrected chi connectivity index (χ0v) is 10.2. The van der Waals surface area contributed by atoms with Gasteiger partial charge in [-0.15, -0.1) is 0 Å². The third kappa shape index (κ3) is 4.07. The fourth-order valence-corrected chi connectivity index (χ4v) is 1.40. The summed E-state index contributed by atoms with van der Waals surface area (Å²) in [5.41, 5.74) is 0.0402. The molecular formula is C10H14ClN3O3. The second kappa shape index (κ2) is 6.90. The third-order valence-electron chi connectivity index (χ3n) is 2.06. The summed E-state index contributed by atoms with van der Waals surface area (Å²) in [7, 11) is 0. The van der Waals surface area contributed by atoms with Crippen LogP contribution in [-0.2, 0) is 0 Å². The van der Waals surface area contributed by atoms with Gasteiger partial charge in [0.05, 0.1) is 11.7 Å². The van der Waals surface area contributed by atoms with Crippen LogP contribution in [0.2, 0.25) is 5.02 Å². The summed E-state index contributed by atoms with van der Waals surface area (Å²) in [6, 6.07) is 1.33. The van der Waals surface area contributed by atoms with E-state index < -0.39 is 0 Å². The monoisotopic (exact) mass is 259 g/mol. The van der Waals surface area contributed by atoms with Gasteiger partial charge in [0.2, 0.25) is 0 Å². The predicted molar refractivity (Wildman–Crippen MR) is 62.6 cm³/mol. The molecule has 94 valence electrons. The number of ether oxygens (including phenoxy) is 1. The van der Waals surface area contributed by atoms with E-state index in [1.165, 1.54) is 6.07 Å². The maximum atomic E-state index is 11.3. The van der Waals surface area contributed by atoms with Crippen LogP contribution in [0.3, 0.4) is 0 Å². The van der Waals surface area contributed by atoms with Gasteiger partial charge in [0.25, 0.3) is 11.6 Å². The highest BCUT2D eigenvalue weighted by Crippen LogP contribution is 2.20. The molecule has 17 heavy (non-hydrogen) atoms. The molecule has 1 rings (SSSR count). The number of nitrogens with zero attached hydrogens (tertiary/aromatic N) is 3. The molecule has 0 aliphatic heterocycles. The lowest BCUT2D eigenvalue weighted by Gasteiger charge is -2.06. The van der Waals surface area contributed by atoms with Gasteiger partial charge in [0.15, 0.2) is 0 Å². The topological polar surface area (TPSA) is 81.7 Å². The first kappa shape index (κ1) is 13.5. The Balaban J connectivity index is 2.70. The summed E-state index contributed by atoms with van der Waals surface area (Å²) in [5.74, 6) is 0.0906. The summed E-state index contributed by atoms with van der Waals surface area (Å²) in [4.78, 5) is 0.292. The minimum absolute atomic E-state index is 0.0402. The Labute approximate surface area is 104 Å². The molecular weight excluding hydrogens is 246 g/mol. The van der Waals surface area contributed by atoms with Gasteiger partial charge in [-0.05, 0) is 11.3 Å². The molecule has 0 unspecified atom stereocenters. The van der Waals surface area contributed by atoms with E-state index in [1.54, 1.807) is 0 Å². The van der Waals surface area contributed by atoms with Crippen molar-refractivity contribution in [3.05, 3.63) is 22.0 Å². The minimum atomic E-state index is 0.0402. The number of aromatic nitrogens is 2. The van der Waals surface area contributed by atoms with Gasteiger partial charge in [-0.3, -0.25) is 0 Å². The van der Waals surface area contributed by atoms with Crippen molar-refractivity contribution < 1.29 is 14.8 Å². The zero-order chi connectivity index (χ0) is 12.7. The van der Waals surface area contributed by atoms with Crippen LogP contribution in [0.25, 0.3) is 0 Å². The van der Waals surface area contributed by atoms with Gasteiger partial charge in [-0.1, -0.05) is 36.5 Å². The Morgan fingerprint density at radius 2 is 2.41 bits per heavy atom. The van der Waals surface area contributed by atoms with Crippen LogP contribution in [0.15, 0.2) is 11.2 Å². The zero-order valence-electron chi connectivity index (χ0n) is 9.47. The van der Waals surface area contributed by atoms with Crippen LogP contribution >= 0.6 is 11.6 Å². The molecule has 0 atom stereocenters. The molecule has 1 heterocycles. The average Bonchev–Trinajstić information content (AvgIpc) is 2.30. The lowest BCUT2D eigenvalue weighted by molar-refractivity contribution is -0.670. The predicted octanol–water partition coefficient (Wildman–Crippen LogP) is 1.75. The van der Waals surface area contributed by atoms with Crippen LogP contribution in [-0.4, -0.2) is 23.1 Å². The molecule has 0 amide bonds. The van der Waals surface area contributed by atoms with Crippen LogP contribution < -0.4 is 9.58 Å². The van der Waals surface area contributed by atoms with Crippen LogP contribution in [0.5, 0.6) is 5.88 Å². The van der Waals surface area contributed by atoms with Crippen molar-refractivity contribution in [1.29, 1.82) is 0 Å². The Morgan fingerprint density at radius 1 is 1.65 bits per heavy atom. The number of oxime groups is 1. The van der Waals surface area contributed by atoms with E-state index >= 15 is 0 Å². The number of hydrogen-bond acceptors (Lipinski definition) is 5. The Bertz CT molecular complexity index is 399. The van der Waals surface area contributed by atoms with Crippen molar-refractivity contribution in [2.45, 2.75) is 26.2 Å². The summed E-state index contributed by atoms with van der Waals surface area (Å²) >= 11 is 5.87. The van der Waals surface area contributed by atoms with Gasteiger partial charge in [0, 0.05) is 6.07 Å². The quantitative estimate of drug-likeness (QED) is 0.211. The molecule has 0 fully saturated rings. The van der Waals surface area contributed by atoms with E-state index in [1.807, 2.05) is 0 Å². The lowest BCUT2D eigenvalue weighted by atomic mass is 10.3. The van der Waals surface area contributed by atoms with Gasteiger partial charge in [0.1, 0.15) is 11.2 Å². The van der Waals surface area contributed by atoms with E-state index in [2.05, 4.69) is 17.2 Å². The van der Waals surface area contributed by atoms with Gasteiger partial charge in [-0.25, -0.2) is 0 Å². The molecule has 0 saturated carbocycles. The minimum Gasteiger partial charge on any atom is -0.594 e. The standard InChI is InChI=1S/C10H14ClN3O3/c1-2-3-4-5-17-10-9(11)6-8(7-12-15)14(16)13-10/h6-7,15H,2-5H2,1H3/b12-7+. The Hall–Kier alpha value is -1.56. The first-order valence-electron chi connectivity index (χ1n) is 5.29. The number of halogens is 1. The maximum Gasteiger partial charge on any atom is 0.299 e. The molecule has 0 saturated heterocycles. The van der Waals surface area contributed by atoms with Crippen molar-refractivity contribution in [2.24, 2.45) is 5.16 Å². The van der Waals surface area contributed by atoms with Crippen LogP contribution in [0.4, 0.5) is 0 Å². The highest BCUT2D eigenvalue weighted by Gasteiger charge is 2.13. The molecule has 0 aliphatic rings.